The standard InChI is InChI=1S/C28H28F7N5O2/c1-15-7-21(29)5-6-22(15)24-23(11-36-25(38-24)40-12-16(2)37-17(3)13-40)42-26(41)39(4)14-18-8-19(27(30,31)32)10-20(9-18)28(33,34)35/h5-11,16-17,37H,12-14H2,1-4H3/t16-,17+. The molecule has 2 aromatic carbocycles. The lowest BCUT2D eigenvalue weighted by molar-refractivity contribution is -0.143. The van der Waals surface area contributed by atoms with Crippen LogP contribution in [0, 0.1) is 12.7 Å². The number of anilines is 1. The van der Waals surface area contributed by atoms with Gasteiger partial charge in [-0.1, -0.05) is 0 Å². The van der Waals surface area contributed by atoms with Crippen molar-refractivity contribution in [2.24, 2.45) is 0 Å². The Morgan fingerprint density at radius 2 is 1.62 bits per heavy atom. The van der Waals surface area contributed by atoms with E-state index < -0.39 is 47.5 Å². The Bertz CT molecular complexity index is 1420. The first-order valence-corrected chi connectivity index (χ1v) is 12.9. The Hall–Kier alpha value is -3.94. The minimum atomic E-state index is -5.03. The Labute approximate surface area is 237 Å². The third-order valence-corrected chi connectivity index (χ3v) is 6.60. The Morgan fingerprint density at radius 1 is 1.02 bits per heavy atom. The Balaban J connectivity index is 1.65. The van der Waals surface area contributed by atoms with Crippen molar-refractivity contribution in [3.05, 3.63) is 70.7 Å². The van der Waals surface area contributed by atoms with Gasteiger partial charge in [-0.25, -0.2) is 19.2 Å². The summed E-state index contributed by atoms with van der Waals surface area (Å²) < 4.78 is 99.0. The first kappa shape index (κ1) is 31.0. The number of alkyl halides is 6. The molecule has 0 spiro atoms. The Kier molecular flexibility index (Phi) is 8.67. The largest absolute Gasteiger partial charge is 0.416 e. The maximum atomic E-state index is 13.9. The number of nitrogens with zero attached hydrogens (tertiary/aromatic N) is 4. The smallest absolute Gasteiger partial charge is 0.406 e. The molecule has 14 heteroatoms. The van der Waals surface area contributed by atoms with E-state index in [-0.39, 0.29) is 29.6 Å². The fourth-order valence-corrected chi connectivity index (χ4v) is 4.79. The van der Waals surface area contributed by atoms with Gasteiger partial charge in [0, 0.05) is 44.3 Å². The number of piperazine rings is 1. The summed E-state index contributed by atoms with van der Waals surface area (Å²) in [7, 11) is 1.16. The summed E-state index contributed by atoms with van der Waals surface area (Å²) in [6.45, 7) is 6.20. The highest BCUT2D eigenvalue weighted by Crippen LogP contribution is 2.37. The van der Waals surface area contributed by atoms with Crippen LogP contribution < -0.4 is 15.0 Å². The molecule has 2 atom stereocenters. The summed E-state index contributed by atoms with van der Waals surface area (Å²) in [6.07, 6.45) is -9.88. The number of carbonyl (C=O) groups excluding carboxylic acids is 1. The normalized spacial score (nSPS) is 17.7. The predicted molar refractivity (Wildman–Crippen MR) is 140 cm³/mol. The van der Waals surface area contributed by atoms with Crippen molar-refractivity contribution in [2.75, 3.05) is 25.0 Å². The van der Waals surface area contributed by atoms with Gasteiger partial charge >= 0.3 is 18.4 Å². The highest BCUT2D eigenvalue weighted by Gasteiger charge is 2.37. The number of nitrogens with one attached hydrogen (secondary N) is 1. The van der Waals surface area contributed by atoms with E-state index in [0.717, 1.165) is 11.9 Å². The van der Waals surface area contributed by atoms with Crippen LogP contribution in [0.1, 0.15) is 36.1 Å². The monoisotopic (exact) mass is 599 g/mol. The molecule has 0 unspecified atom stereocenters. The first-order valence-electron chi connectivity index (χ1n) is 12.9. The molecule has 0 radical (unpaired) electrons. The number of hydrogen-bond donors (Lipinski definition) is 1. The van der Waals surface area contributed by atoms with Crippen LogP contribution in [0.2, 0.25) is 0 Å². The molecule has 7 nitrogen and oxygen atoms in total. The minimum absolute atomic E-state index is 0.0118. The number of ether oxygens (including phenoxy) is 1. The molecular weight excluding hydrogens is 571 g/mol. The third kappa shape index (κ3) is 7.27. The predicted octanol–water partition coefficient (Wildman–Crippen LogP) is 6.45. The van der Waals surface area contributed by atoms with E-state index in [2.05, 4.69) is 15.3 Å². The van der Waals surface area contributed by atoms with Crippen LogP contribution in [0.25, 0.3) is 11.3 Å². The van der Waals surface area contributed by atoms with E-state index in [9.17, 15) is 35.5 Å². The summed E-state index contributed by atoms with van der Waals surface area (Å²) >= 11 is 0. The van der Waals surface area contributed by atoms with Gasteiger partial charge in [-0.2, -0.15) is 26.3 Å². The van der Waals surface area contributed by atoms with Crippen LogP contribution in [0.4, 0.5) is 41.5 Å². The molecule has 1 amide bonds. The zero-order chi connectivity index (χ0) is 31.0. The SMILES string of the molecule is Cc1cc(F)ccc1-c1nc(N2C[C@@H](C)N[C@@H](C)C2)ncc1OC(=O)N(C)Cc1cc(C(F)(F)F)cc(C(F)(F)F)c1. The summed E-state index contributed by atoms with van der Waals surface area (Å²) in [6, 6.07) is 5.30. The molecule has 1 N–H and O–H groups in total. The lowest BCUT2D eigenvalue weighted by Gasteiger charge is -2.36. The van der Waals surface area contributed by atoms with Gasteiger partial charge in [0.25, 0.3) is 0 Å². The van der Waals surface area contributed by atoms with E-state index in [1.54, 1.807) is 6.92 Å². The fraction of sp³-hybridized carbons (Fsp3) is 0.393. The quantitative estimate of drug-likeness (QED) is 0.340. The van der Waals surface area contributed by atoms with Gasteiger partial charge in [-0.3, -0.25) is 0 Å². The van der Waals surface area contributed by atoms with E-state index >= 15 is 0 Å². The van der Waals surface area contributed by atoms with Crippen LogP contribution in [-0.4, -0.2) is 53.2 Å². The highest BCUT2D eigenvalue weighted by molar-refractivity contribution is 5.76. The number of halogens is 7. The number of benzene rings is 2. The average Bonchev–Trinajstić information content (AvgIpc) is 2.87. The molecule has 226 valence electrons. The van der Waals surface area contributed by atoms with Crippen molar-refractivity contribution in [3.8, 4) is 17.0 Å². The molecule has 1 aliphatic heterocycles. The van der Waals surface area contributed by atoms with Gasteiger partial charge in [0.2, 0.25) is 5.95 Å². The van der Waals surface area contributed by atoms with Crippen molar-refractivity contribution in [3.63, 3.8) is 0 Å². The summed E-state index contributed by atoms with van der Waals surface area (Å²) in [5, 5.41) is 3.40. The second kappa shape index (κ2) is 11.7. The topological polar surface area (TPSA) is 70.6 Å². The maximum absolute atomic E-state index is 13.9. The molecule has 1 fully saturated rings. The molecule has 3 aromatic rings. The van der Waals surface area contributed by atoms with Crippen LogP contribution >= 0.6 is 0 Å². The zero-order valence-corrected chi connectivity index (χ0v) is 23.1. The number of aryl methyl sites for hydroxylation is 1. The molecule has 1 aromatic heterocycles. The van der Waals surface area contributed by atoms with Crippen molar-refractivity contribution in [2.45, 2.75) is 51.8 Å². The molecule has 0 aliphatic carbocycles. The second-order valence-corrected chi connectivity index (χ2v) is 10.4. The van der Waals surface area contributed by atoms with Gasteiger partial charge in [0.15, 0.2) is 5.75 Å². The van der Waals surface area contributed by atoms with E-state index in [0.29, 0.717) is 42.3 Å². The van der Waals surface area contributed by atoms with E-state index in [1.165, 1.54) is 24.4 Å². The fourth-order valence-electron chi connectivity index (χ4n) is 4.79. The lowest BCUT2D eigenvalue weighted by atomic mass is 10.0. The van der Waals surface area contributed by atoms with E-state index in [4.69, 9.17) is 4.74 Å². The molecule has 2 heterocycles. The summed E-state index contributed by atoms with van der Waals surface area (Å²) in [5.74, 6) is -0.278. The molecule has 42 heavy (non-hydrogen) atoms. The van der Waals surface area contributed by atoms with Gasteiger partial charge < -0.3 is 19.9 Å². The highest BCUT2D eigenvalue weighted by atomic mass is 19.4. The number of amides is 1. The number of hydrogen-bond acceptors (Lipinski definition) is 6. The lowest BCUT2D eigenvalue weighted by Crippen LogP contribution is -2.54. The van der Waals surface area contributed by atoms with E-state index in [1.807, 2.05) is 18.7 Å². The third-order valence-electron chi connectivity index (χ3n) is 6.60. The second-order valence-electron chi connectivity index (χ2n) is 10.4. The van der Waals surface area contributed by atoms with Crippen molar-refractivity contribution in [1.82, 2.24) is 20.2 Å². The number of aromatic nitrogens is 2. The number of carbonyl (C=O) groups is 1. The van der Waals surface area contributed by atoms with Gasteiger partial charge in [-0.05, 0) is 68.3 Å². The van der Waals surface area contributed by atoms with Crippen molar-refractivity contribution >= 4 is 12.0 Å². The van der Waals surface area contributed by atoms with Gasteiger partial charge in [0.1, 0.15) is 11.5 Å². The molecular formula is C28H28F7N5O2. The molecule has 0 saturated carbocycles. The van der Waals surface area contributed by atoms with Gasteiger partial charge in [0.05, 0.1) is 17.3 Å². The Morgan fingerprint density at radius 3 is 2.17 bits per heavy atom. The summed E-state index contributed by atoms with van der Waals surface area (Å²) in [4.78, 5) is 24.7. The zero-order valence-electron chi connectivity index (χ0n) is 23.1. The molecule has 4 rings (SSSR count). The van der Waals surface area contributed by atoms with Crippen LogP contribution in [-0.2, 0) is 18.9 Å². The van der Waals surface area contributed by atoms with Gasteiger partial charge in [-0.15, -0.1) is 0 Å². The van der Waals surface area contributed by atoms with Crippen molar-refractivity contribution < 1.29 is 40.3 Å². The average molecular weight is 600 g/mol. The maximum Gasteiger partial charge on any atom is 0.416 e. The van der Waals surface area contributed by atoms with Crippen molar-refractivity contribution in [1.29, 1.82) is 0 Å². The van der Waals surface area contributed by atoms with Crippen LogP contribution in [0.3, 0.4) is 0 Å². The molecule has 1 saturated heterocycles. The summed E-state index contributed by atoms with van der Waals surface area (Å²) in [5.41, 5.74) is -2.31. The minimum Gasteiger partial charge on any atom is -0.406 e. The number of rotatable bonds is 5. The molecule has 1 aliphatic rings. The first-order chi connectivity index (χ1) is 19.5. The van der Waals surface area contributed by atoms with Crippen LogP contribution in [0.15, 0.2) is 42.6 Å². The molecule has 0 bridgehead atoms. The van der Waals surface area contributed by atoms with Crippen LogP contribution in [0.5, 0.6) is 5.75 Å².